The maximum absolute atomic E-state index is 7.00. The predicted molar refractivity (Wildman–Crippen MR) is 63.6 cm³/mol. The first kappa shape index (κ1) is 12.2. The Morgan fingerprint density at radius 1 is 1.20 bits per heavy atom. The third-order valence-electron chi connectivity index (χ3n) is 2.83. The Morgan fingerprint density at radius 2 is 1.87 bits per heavy atom. The highest BCUT2D eigenvalue weighted by molar-refractivity contribution is 5.14. The zero-order valence-corrected chi connectivity index (χ0v) is 9.45. The first-order chi connectivity index (χ1) is 7.45. The van der Waals surface area contributed by atoms with Crippen molar-refractivity contribution in [1.29, 1.82) is 0 Å². The lowest BCUT2D eigenvalue weighted by atomic mass is 9.85. The van der Waals surface area contributed by atoms with Gasteiger partial charge < -0.3 is 10.4 Å². The lowest BCUT2D eigenvalue weighted by Crippen LogP contribution is -2.26. The van der Waals surface area contributed by atoms with Crippen LogP contribution >= 0.6 is 0 Å². The highest BCUT2D eigenvalue weighted by Gasteiger charge is 2.15. The van der Waals surface area contributed by atoms with Crippen LogP contribution in [0.4, 0.5) is 0 Å². The summed E-state index contributed by atoms with van der Waals surface area (Å²) >= 11 is 0. The molecule has 0 aliphatic heterocycles. The molecule has 0 saturated heterocycles. The molecule has 0 bridgehead atoms. The molecule has 2 rings (SSSR count). The van der Waals surface area contributed by atoms with Crippen LogP contribution in [0.15, 0.2) is 30.3 Å². The molecule has 1 aromatic carbocycles. The molecule has 84 valence electrons. The lowest BCUT2D eigenvalue weighted by molar-refractivity contribution is 0.301. The van der Waals surface area contributed by atoms with Crippen molar-refractivity contribution in [3.8, 4) is 0 Å². The standard InChI is InChI=1S/C12H17N.CH4O/c1-2-5-11(6-3-1)9-13-10-12-7-4-8-12;1-2/h1-3,5-6,12-13H,4,7-10H2;2H,1H3. The molecule has 0 radical (unpaired) electrons. The average molecular weight is 207 g/mol. The van der Waals surface area contributed by atoms with Crippen molar-refractivity contribution >= 4 is 0 Å². The second-order valence-corrected chi connectivity index (χ2v) is 3.91. The van der Waals surface area contributed by atoms with Crippen molar-refractivity contribution in [2.75, 3.05) is 13.7 Å². The number of hydrogen-bond acceptors (Lipinski definition) is 2. The van der Waals surface area contributed by atoms with Crippen LogP contribution < -0.4 is 5.32 Å². The van der Waals surface area contributed by atoms with Crippen LogP contribution in [0.5, 0.6) is 0 Å². The fourth-order valence-electron chi connectivity index (χ4n) is 1.71. The smallest absolute Gasteiger partial charge is 0.0319 e. The van der Waals surface area contributed by atoms with Gasteiger partial charge >= 0.3 is 0 Å². The van der Waals surface area contributed by atoms with Gasteiger partial charge in [0.2, 0.25) is 0 Å². The lowest BCUT2D eigenvalue weighted by Gasteiger charge is -2.25. The Balaban J connectivity index is 0.000000531. The van der Waals surface area contributed by atoms with E-state index in [2.05, 4.69) is 35.6 Å². The summed E-state index contributed by atoms with van der Waals surface area (Å²) in [5.41, 5.74) is 1.39. The molecular weight excluding hydrogens is 186 g/mol. The van der Waals surface area contributed by atoms with Gasteiger partial charge in [0.15, 0.2) is 0 Å². The Hall–Kier alpha value is -0.860. The van der Waals surface area contributed by atoms with Gasteiger partial charge in [-0.1, -0.05) is 36.8 Å². The number of hydrogen-bond donors (Lipinski definition) is 2. The van der Waals surface area contributed by atoms with Gasteiger partial charge in [-0.15, -0.1) is 0 Å². The van der Waals surface area contributed by atoms with Gasteiger partial charge in [-0.2, -0.15) is 0 Å². The maximum Gasteiger partial charge on any atom is 0.0319 e. The summed E-state index contributed by atoms with van der Waals surface area (Å²) in [5.74, 6) is 0.962. The number of aliphatic hydroxyl groups excluding tert-OH is 1. The minimum absolute atomic E-state index is 0.962. The zero-order valence-electron chi connectivity index (χ0n) is 9.45. The summed E-state index contributed by atoms with van der Waals surface area (Å²) in [6.45, 7) is 2.23. The van der Waals surface area contributed by atoms with Gasteiger partial charge in [-0.25, -0.2) is 0 Å². The number of nitrogens with one attached hydrogen (secondary N) is 1. The van der Waals surface area contributed by atoms with Gasteiger partial charge in [-0.3, -0.25) is 0 Å². The number of rotatable bonds is 4. The highest BCUT2D eigenvalue weighted by Crippen LogP contribution is 2.25. The van der Waals surface area contributed by atoms with Crippen LogP contribution in [0.2, 0.25) is 0 Å². The Kier molecular flexibility index (Phi) is 6.05. The van der Waals surface area contributed by atoms with Crippen molar-refractivity contribution in [1.82, 2.24) is 5.32 Å². The van der Waals surface area contributed by atoms with E-state index >= 15 is 0 Å². The molecule has 15 heavy (non-hydrogen) atoms. The molecule has 0 aromatic heterocycles. The van der Waals surface area contributed by atoms with Crippen molar-refractivity contribution in [2.24, 2.45) is 5.92 Å². The van der Waals surface area contributed by atoms with E-state index in [-0.39, 0.29) is 0 Å². The summed E-state index contributed by atoms with van der Waals surface area (Å²) < 4.78 is 0. The summed E-state index contributed by atoms with van der Waals surface area (Å²) in [4.78, 5) is 0. The van der Waals surface area contributed by atoms with Gasteiger partial charge in [0, 0.05) is 13.7 Å². The number of benzene rings is 1. The van der Waals surface area contributed by atoms with E-state index in [0.29, 0.717) is 0 Å². The van der Waals surface area contributed by atoms with E-state index < -0.39 is 0 Å². The molecule has 2 N–H and O–H groups in total. The van der Waals surface area contributed by atoms with Crippen molar-refractivity contribution in [3.05, 3.63) is 35.9 Å². The minimum Gasteiger partial charge on any atom is -0.400 e. The summed E-state index contributed by atoms with van der Waals surface area (Å²) in [5, 5.41) is 10.5. The van der Waals surface area contributed by atoms with Crippen molar-refractivity contribution in [2.45, 2.75) is 25.8 Å². The molecule has 0 amide bonds. The minimum atomic E-state index is 0.962. The van der Waals surface area contributed by atoms with Crippen molar-refractivity contribution < 1.29 is 5.11 Å². The molecule has 1 aliphatic carbocycles. The van der Waals surface area contributed by atoms with Gasteiger partial charge in [0.05, 0.1) is 0 Å². The second kappa shape index (κ2) is 7.43. The molecular formula is C13H21NO. The Labute approximate surface area is 92.3 Å². The van der Waals surface area contributed by atoms with Crippen LogP contribution in [0.3, 0.4) is 0 Å². The summed E-state index contributed by atoms with van der Waals surface area (Å²) in [6, 6.07) is 10.6. The molecule has 2 nitrogen and oxygen atoms in total. The average Bonchev–Trinajstić information content (AvgIpc) is 2.26. The zero-order chi connectivity index (χ0) is 10.9. The van der Waals surface area contributed by atoms with Crippen LogP contribution in [0, 0.1) is 5.92 Å². The normalized spacial score (nSPS) is 15.1. The van der Waals surface area contributed by atoms with Gasteiger partial charge in [0.1, 0.15) is 0 Å². The third-order valence-corrected chi connectivity index (χ3v) is 2.83. The SMILES string of the molecule is CO.c1ccc(CNCC2CCC2)cc1. The van der Waals surface area contributed by atoms with Gasteiger partial charge in [-0.05, 0) is 30.9 Å². The van der Waals surface area contributed by atoms with E-state index in [1.807, 2.05) is 0 Å². The quantitative estimate of drug-likeness (QED) is 0.793. The molecule has 2 heteroatoms. The Morgan fingerprint density at radius 3 is 2.40 bits per heavy atom. The topological polar surface area (TPSA) is 32.3 Å². The van der Waals surface area contributed by atoms with Crippen LogP contribution in [0.25, 0.3) is 0 Å². The summed E-state index contributed by atoms with van der Waals surface area (Å²) in [6.07, 6.45) is 4.31. The highest BCUT2D eigenvalue weighted by atomic mass is 16.2. The molecule has 1 fully saturated rings. The largest absolute Gasteiger partial charge is 0.400 e. The predicted octanol–water partition coefficient (Wildman–Crippen LogP) is 2.18. The molecule has 0 atom stereocenters. The molecule has 0 unspecified atom stereocenters. The van der Waals surface area contributed by atoms with Crippen molar-refractivity contribution in [3.63, 3.8) is 0 Å². The third kappa shape index (κ3) is 4.45. The first-order valence-electron chi connectivity index (χ1n) is 5.64. The van der Waals surface area contributed by atoms with Crippen LogP contribution in [0.1, 0.15) is 24.8 Å². The Bertz CT molecular complexity index is 244. The first-order valence-corrected chi connectivity index (χ1v) is 5.64. The van der Waals surface area contributed by atoms with E-state index in [9.17, 15) is 0 Å². The van der Waals surface area contributed by atoms with Crippen LogP contribution in [-0.2, 0) is 6.54 Å². The molecule has 0 heterocycles. The second-order valence-electron chi connectivity index (χ2n) is 3.91. The molecule has 1 aliphatic rings. The fraction of sp³-hybridized carbons (Fsp3) is 0.538. The fourth-order valence-corrected chi connectivity index (χ4v) is 1.71. The molecule has 0 spiro atoms. The number of aliphatic hydroxyl groups is 1. The van der Waals surface area contributed by atoms with E-state index in [1.54, 1.807) is 0 Å². The van der Waals surface area contributed by atoms with Gasteiger partial charge in [0.25, 0.3) is 0 Å². The molecule has 1 saturated carbocycles. The van der Waals surface area contributed by atoms with Crippen LogP contribution in [-0.4, -0.2) is 18.8 Å². The van der Waals surface area contributed by atoms with E-state index in [4.69, 9.17) is 5.11 Å². The maximum atomic E-state index is 7.00. The molecule has 1 aromatic rings. The summed E-state index contributed by atoms with van der Waals surface area (Å²) in [7, 11) is 1.00. The van der Waals surface area contributed by atoms with E-state index in [1.165, 1.54) is 31.4 Å². The van der Waals surface area contributed by atoms with E-state index in [0.717, 1.165) is 19.6 Å². The monoisotopic (exact) mass is 207 g/mol.